The fourth-order valence-electron chi connectivity index (χ4n) is 3.90. The first-order chi connectivity index (χ1) is 17.3. The highest BCUT2D eigenvalue weighted by atomic mass is 32.2. The summed E-state index contributed by atoms with van der Waals surface area (Å²) in [4.78, 5) is 14.8. The van der Waals surface area contributed by atoms with E-state index in [1.807, 2.05) is 43.3 Å². The van der Waals surface area contributed by atoms with Gasteiger partial charge >= 0.3 is 0 Å². The number of ether oxygens (including phenoxy) is 3. The van der Waals surface area contributed by atoms with Crippen LogP contribution in [0, 0.1) is 0 Å². The maximum absolute atomic E-state index is 12.8. The third kappa shape index (κ3) is 5.72. The predicted molar refractivity (Wildman–Crippen MR) is 136 cm³/mol. The molecule has 1 aliphatic rings. The second-order valence-corrected chi connectivity index (χ2v) is 10.1. The number of anilines is 1. The van der Waals surface area contributed by atoms with Gasteiger partial charge in [-0.3, -0.25) is 9.52 Å². The summed E-state index contributed by atoms with van der Waals surface area (Å²) in [6.45, 7) is 1.15. The summed E-state index contributed by atoms with van der Waals surface area (Å²) < 4.78 is 44.6. The Bertz CT molecular complexity index is 1330. The van der Waals surface area contributed by atoms with Crippen LogP contribution in [0.15, 0.2) is 71.6 Å². The van der Waals surface area contributed by atoms with E-state index in [0.717, 1.165) is 11.3 Å². The van der Waals surface area contributed by atoms with E-state index in [0.29, 0.717) is 42.5 Å². The average molecular weight is 512 g/mol. The molecule has 3 aromatic carbocycles. The molecule has 1 atom stereocenters. The standard InChI is InChI=1S/C26H29N3O6S/c1-29(2)22(21-6-4-5-7-23(21)33-3)17-27-26(30)18-8-10-19(11-9-18)28-36(31,32)20-12-13-24-25(16-20)35-15-14-34-24/h4-13,16,22,28H,14-15,17H2,1-3H3,(H,27,30)/t22-/m0/s1. The summed E-state index contributed by atoms with van der Waals surface area (Å²) in [5.41, 5.74) is 1.71. The summed E-state index contributed by atoms with van der Waals surface area (Å²) in [6.07, 6.45) is 0. The Morgan fingerprint density at radius 1 is 1.00 bits per heavy atom. The molecular formula is C26H29N3O6S. The number of hydrogen-bond acceptors (Lipinski definition) is 7. The Balaban J connectivity index is 1.41. The summed E-state index contributed by atoms with van der Waals surface area (Å²) in [5.74, 6) is 1.39. The van der Waals surface area contributed by atoms with Crippen LogP contribution in [0.3, 0.4) is 0 Å². The van der Waals surface area contributed by atoms with Crippen molar-refractivity contribution in [2.24, 2.45) is 0 Å². The first-order valence-electron chi connectivity index (χ1n) is 11.4. The highest BCUT2D eigenvalue weighted by Crippen LogP contribution is 2.33. The number of nitrogens with zero attached hydrogens (tertiary/aromatic N) is 1. The van der Waals surface area contributed by atoms with E-state index in [4.69, 9.17) is 14.2 Å². The van der Waals surface area contributed by atoms with Crippen molar-refractivity contribution in [1.29, 1.82) is 0 Å². The van der Waals surface area contributed by atoms with Crippen molar-refractivity contribution >= 4 is 21.6 Å². The van der Waals surface area contributed by atoms with E-state index in [2.05, 4.69) is 10.0 Å². The van der Waals surface area contributed by atoms with Crippen LogP contribution in [-0.4, -0.2) is 60.2 Å². The van der Waals surface area contributed by atoms with Gasteiger partial charge in [-0.25, -0.2) is 8.42 Å². The molecule has 0 spiro atoms. The molecule has 2 N–H and O–H groups in total. The number of fused-ring (bicyclic) bond motifs is 1. The number of para-hydroxylation sites is 1. The Hall–Kier alpha value is -3.76. The highest BCUT2D eigenvalue weighted by molar-refractivity contribution is 7.92. The molecule has 0 bridgehead atoms. The van der Waals surface area contributed by atoms with Gasteiger partial charge in [0.2, 0.25) is 0 Å². The van der Waals surface area contributed by atoms with Crippen LogP contribution in [0.25, 0.3) is 0 Å². The van der Waals surface area contributed by atoms with Gasteiger partial charge in [0, 0.05) is 29.4 Å². The molecule has 0 aromatic heterocycles. The van der Waals surface area contributed by atoms with Crippen LogP contribution in [0.2, 0.25) is 0 Å². The summed E-state index contributed by atoms with van der Waals surface area (Å²) >= 11 is 0. The molecule has 0 radical (unpaired) electrons. The Labute approximate surface area is 211 Å². The lowest BCUT2D eigenvalue weighted by molar-refractivity contribution is 0.0941. The number of carbonyl (C=O) groups excluding carboxylic acids is 1. The largest absolute Gasteiger partial charge is 0.496 e. The molecule has 1 amide bonds. The Morgan fingerprint density at radius 2 is 1.69 bits per heavy atom. The number of nitrogens with one attached hydrogen (secondary N) is 2. The zero-order valence-electron chi connectivity index (χ0n) is 20.4. The summed E-state index contributed by atoms with van der Waals surface area (Å²) in [5, 5.41) is 2.95. The second kappa shape index (κ2) is 10.9. The van der Waals surface area contributed by atoms with Crippen molar-refractivity contribution in [1.82, 2.24) is 10.2 Å². The van der Waals surface area contributed by atoms with E-state index in [1.54, 1.807) is 37.4 Å². The van der Waals surface area contributed by atoms with Crippen LogP contribution < -0.4 is 24.2 Å². The smallest absolute Gasteiger partial charge is 0.262 e. The van der Waals surface area contributed by atoms with Crippen molar-refractivity contribution in [2.75, 3.05) is 45.7 Å². The molecule has 1 aliphatic heterocycles. The number of benzene rings is 3. The lowest BCUT2D eigenvalue weighted by Gasteiger charge is -2.26. The number of sulfonamides is 1. The van der Waals surface area contributed by atoms with Crippen molar-refractivity contribution in [3.8, 4) is 17.2 Å². The minimum absolute atomic E-state index is 0.0552. The summed E-state index contributed by atoms with van der Waals surface area (Å²) in [7, 11) is 1.64. The van der Waals surface area contributed by atoms with Crippen molar-refractivity contribution in [3.63, 3.8) is 0 Å². The van der Waals surface area contributed by atoms with E-state index in [1.165, 1.54) is 12.1 Å². The van der Waals surface area contributed by atoms with Gasteiger partial charge in [-0.1, -0.05) is 18.2 Å². The predicted octanol–water partition coefficient (Wildman–Crippen LogP) is 3.30. The fourth-order valence-corrected chi connectivity index (χ4v) is 4.97. The highest BCUT2D eigenvalue weighted by Gasteiger charge is 2.21. The number of amides is 1. The van der Waals surface area contributed by atoms with Gasteiger partial charge in [0.25, 0.3) is 15.9 Å². The van der Waals surface area contributed by atoms with Gasteiger partial charge in [-0.15, -0.1) is 0 Å². The fraction of sp³-hybridized carbons (Fsp3) is 0.269. The molecule has 0 saturated heterocycles. The van der Waals surface area contributed by atoms with E-state index >= 15 is 0 Å². The number of rotatable bonds is 9. The molecule has 3 aromatic rings. The van der Waals surface area contributed by atoms with Crippen LogP contribution in [-0.2, 0) is 10.0 Å². The minimum atomic E-state index is -3.85. The van der Waals surface area contributed by atoms with Gasteiger partial charge in [-0.2, -0.15) is 0 Å². The van der Waals surface area contributed by atoms with E-state index in [9.17, 15) is 13.2 Å². The zero-order valence-corrected chi connectivity index (χ0v) is 21.2. The third-order valence-electron chi connectivity index (χ3n) is 5.80. The van der Waals surface area contributed by atoms with E-state index in [-0.39, 0.29) is 16.8 Å². The van der Waals surface area contributed by atoms with Crippen molar-refractivity contribution in [2.45, 2.75) is 10.9 Å². The Kier molecular flexibility index (Phi) is 7.66. The monoisotopic (exact) mass is 511 g/mol. The normalized spacial score (nSPS) is 13.7. The van der Waals surface area contributed by atoms with Crippen LogP contribution in [0.4, 0.5) is 5.69 Å². The number of methoxy groups -OCH3 is 1. The summed E-state index contributed by atoms with van der Waals surface area (Å²) in [6, 6.07) is 18.3. The zero-order chi connectivity index (χ0) is 25.7. The van der Waals surface area contributed by atoms with Crippen LogP contribution in [0.5, 0.6) is 17.2 Å². The number of hydrogen-bond donors (Lipinski definition) is 2. The second-order valence-electron chi connectivity index (χ2n) is 8.42. The van der Waals surface area contributed by atoms with Crippen molar-refractivity contribution in [3.05, 3.63) is 77.9 Å². The molecule has 0 unspecified atom stereocenters. The molecule has 4 rings (SSSR count). The number of likely N-dealkylation sites (N-methyl/N-ethyl adjacent to an activating group) is 1. The van der Waals surface area contributed by atoms with Gasteiger partial charge in [0.1, 0.15) is 19.0 Å². The lowest BCUT2D eigenvalue weighted by Crippen LogP contribution is -2.34. The average Bonchev–Trinajstić information content (AvgIpc) is 2.88. The Morgan fingerprint density at radius 3 is 2.39 bits per heavy atom. The number of carbonyl (C=O) groups is 1. The minimum Gasteiger partial charge on any atom is -0.496 e. The third-order valence-corrected chi connectivity index (χ3v) is 7.18. The van der Waals surface area contributed by atoms with Gasteiger partial charge in [0.05, 0.1) is 18.0 Å². The maximum atomic E-state index is 12.8. The quantitative estimate of drug-likeness (QED) is 0.454. The lowest BCUT2D eigenvalue weighted by atomic mass is 10.0. The topological polar surface area (TPSA) is 106 Å². The molecule has 0 fully saturated rings. The van der Waals surface area contributed by atoms with Gasteiger partial charge in [0.15, 0.2) is 11.5 Å². The first-order valence-corrected chi connectivity index (χ1v) is 12.9. The molecule has 9 nitrogen and oxygen atoms in total. The molecule has 36 heavy (non-hydrogen) atoms. The van der Waals surface area contributed by atoms with Gasteiger partial charge < -0.3 is 24.4 Å². The molecular weight excluding hydrogens is 482 g/mol. The molecule has 190 valence electrons. The molecule has 1 heterocycles. The van der Waals surface area contributed by atoms with Crippen LogP contribution >= 0.6 is 0 Å². The van der Waals surface area contributed by atoms with Crippen molar-refractivity contribution < 1.29 is 27.4 Å². The molecule has 0 saturated carbocycles. The van der Waals surface area contributed by atoms with Gasteiger partial charge in [-0.05, 0) is 56.6 Å². The molecule has 0 aliphatic carbocycles. The van der Waals surface area contributed by atoms with Crippen LogP contribution in [0.1, 0.15) is 22.0 Å². The first kappa shape index (κ1) is 25.3. The maximum Gasteiger partial charge on any atom is 0.262 e. The van der Waals surface area contributed by atoms with E-state index < -0.39 is 10.0 Å². The molecule has 10 heteroatoms. The SMILES string of the molecule is COc1ccccc1[C@H](CNC(=O)c1ccc(NS(=O)(=O)c2ccc3c(c2)OCCO3)cc1)N(C)C.